The molecule has 0 amide bonds. The fourth-order valence-corrected chi connectivity index (χ4v) is 1.05. The summed E-state index contributed by atoms with van der Waals surface area (Å²) in [6, 6.07) is 4.16. The summed E-state index contributed by atoms with van der Waals surface area (Å²) < 4.78 is 13.2. The summed E-state index contributed by atoms with van der Waals surface area (Å²) in [5.74, 6) is 4.95. The highest BCUT2D eigenvalue weighted by molar-refractivity contribution is 6.30. The smallest absolute Gasteiger partial charge is 0.210 e. The third-order valence-electron chi connectivity index (χ3n) is 1.54. The minimum absolute atomic E-state index is 0.219. The van der Waals surface area contributed by atoms with Gasteiger partial charge in [-0.1, -0.05) is 11.6 Å². The van der Waals surface area contributed by atoms with E-state index in [1.165, 1.54) is 25.2 Å². The molecule has 6 heteroatoms. The third kappa shape index (κ3) is 2.58. The molecule has 0 aliphatic carbocycles. The minimum Gasteiger partial charge on any atom is -0.323 e. The van der Waals surface area contributed by atoms with E-state index in [9.17, 15) is 4.39 Å². The standard InChI is InChI=1S/C8H10ClFN4/c1-12-8(14-11)13-7-4-5(9)2-3-6(7)10/h2-4H,11H2,1H3,(H2,12,13,14). The molecule has 0 fully saturated rings. The van der Waals surface area contributed by atoms with Crippen LogP contribution in [0.5, 0.6) is 0 Å². The largest absolute Gasteiger partial charge is 0.323 e. The van der Waals surface area contributed by atoms with Gasteiger partial charge in [0.1, 0.15) is 5.82 Å². The zero-order valence-corrected chi connectivity index (χ0v) is 8.27. The lowest BCUT2D eigenvalue weighted by molar-refractivity contribution is 0.632. The number of benzene rings is 1. The molecule has 0 atom stereocenters. The van der Waals surface area contributed by atoms with Crippen molar-refractivity contribution in [3.05, 3.63) is 29.0 Å². The van der Waals surface area contributed by atoms with Crippen molar-refractivity contribution >= 4 is 23.2 Å². The molecule has 0 radical (unpaired) electrons. The normalized spacial score (nSPS) is 11.3. The Morgan fingerprint density at radius 2 is 2.29 bits per heavy atom. The predicted octanol–water partition coefficient (Wildman–Crippen LogP) is 1.34. The summed E-state index contributed by atoms with van der Waals surface area (Å²) in [7, 11) is 1.52. The Bertz CT molecular complexity index is 353. The number of anilines is 1. The second-order valence-corrected chi connectivity index (χ2v) is 2.90. The van der Waals surface area contributed by atoms with Crippen LogP contribution in [0.3, 0.4) is 0 Å². The summed E-state index contributed by atoms with van der Waals surface area (Å²) in [6.07, 6.45) is 0. The maximum absolute atomic E-state index is 13.2. The molecule has 0 aliphatic heterocycles. The summed E-state index contributed by atoms with van der Waals surface area (Å²) >= 11 is 5.69. The maximum Gasteiger partial charge on any atom is 0.210 e. The lowest BCUT2D eigenvalue weighted by Crippen LogP contribution is -2.36. The average molecular weight is 217 g/mol. The van der Waals surface area contributed by atoms with Crippen molar-refractivity contribution in [2.24, 2.45) is 10.8 Å². The first-order valence-electron chi connectivity index (χ1n) is 3.83. The number of hydrogen-bond donors (Lipinski definition) is 3. The van der Waals surface area contributed by atoms with Gasteiger partial charge in [0.2, 0.25) is 5.96 Å². The Morgan fingerprint density at radius 3 is 2.86 bits per heavy atom. The first-order chi connectivity index (χ1) is 6.67. The molecule has 0 saturated heterocycles. The molecule has 76 valence electrons. The molecule has 0 aromatic heterocycles. The van der Waals surface area contributed by atoms with E-state index in [-0.39, 0.29) is 11.6 Å². The van der Waals surface area contributed by atoms with E-state index in [1.807, 2.05) is 0 Å². The van der Waals surface area contributed by atoms with Gasteiger partial charge in [-0.05, 0) is 18.2 Å². The molecule has 1 rings (SSSR count). The Balaban J connectivity index is 2.90. The van der Waals surface area contributed by atoms with Crippen LogP contribution in [0.15, 0.2) is 23.2 Å². The SMILES string of the molecule is CN=C(NN)Nc1cc(Cl)ccc1F. The van der Waals surface area contributed by atoms with Gasteiger partial charge in [-0.25, -0.2) is 10.2 Å². The van der Waals surface area contributed by atoms with E-state index in [0.29, 0.717) is 5.02 Å². The molecule has 4 nitrogen and oxygen atoms in total. The number of rotatable bonds is 1. The van der Waals surface area contributed by atoms with Gasteiger partial charge in [0.15, 0.2) is 0 Å². The van der Waals surface area contributed by atoms with Crippen molar-refractivity contribution in [2.75, 3.05) is 12.4 Å². The van der Waals surface area contributed by atoms with Crippen molar-refractivity contribution in [3.63, 3.8) is 0 Å². The fraction of sp³-hybridized carbons (Fsp3) is 0.125. The summed E-state index contributed by atoms with van der Waals surface area (Å²) in [5, 5.41) is 3.07. The van der Waals surface area contributed by atoms with Gasteiger partial charge in [-0.15, -0.1) is 0 Å². The third-order valence-corrected chi connectivity index (χ3v) is 1.78. The van der Waals surface area contributed by atoms with Gasteiger partial charge < -0.3 is 5.32 Å². The average Bonchev–Trinajstić information content (AvgIpc) is 2.19. The van der Waals surface area contributed by atoms with Crippen molar-refractivity contribution < 1.29 is 4.39 Å². The molecule has 0 aliphatic rings. The quantitative estimate of drug-likeness (QED) is 0.287. The van der Waals surface area contributed by atoms with E-state index < -0.39 is 5.82 Å². The van der Waals surface area contributed by atoms with Crippen LogP contribution in [-0.4, -0.2) is 13.0 Å². The summed E-state index contributed by atoms with van der Waals surface area (Å²) in [5.41, 5.74) is 2.49. The van der Waals surface area contributed by atoms with E-state index in [0.717, 1.165) is 0 Å². The molecular weight excluding hydrogens is 207 g/mol. The van der Waals surface area contributed by atoms with E-state index in [2.05, 4.69) is 15.7 Å². The van der Waals surface area contributed by atoms with Gasteiger partial charge in [0.25, 0.3) is 0 Å². The topological polar surface area (TPSA) is 62.4 Å². The van der Waals surface area contributed by atoms with Crippen LogP contribution in [-0.2, 0) is 0 Å². The van der Waals surface area contributed by atoms with Crippen LogP contribution in [0.25, 0.3) is 0 Å². The van der Waals surface area contributed by atoms with Crippen molar-refractivity contribution in [3.8, 4) is 0 Å². The number of aliphatic imine (C=N–C) groups is 1. The number of halogens is 2. The maximum atomic E-state index is 13.2. The van der Waals surface area contributed by atoms with Gasteiger partial charge >= 0.3 is 0 Å². The Labute approximate surface area is 85.9 Å². The molecule has 0 heterocycles. The Hall–Kier alpha value is -1.33. The molecule has 0 unspecified atom stereocenters. The molecule has 0 spiro atoms. The lowest BCUT2D eigenvalue weighted by Gasteiger charge is -2.08. The highest BCUT2D eigenvalue weighted by Gasteiger charge is 2.04. The van der Waals surface area contributed by atoms with Crippen LogP contribution in [0.1, 0.15) is 0 Å². The lowest BCUT2D eigenvalue weighted by atomic mass is 10.3. The highest BCUT2D eigenvalue weighted by Crippen LogP contribution is 2.19. The first-order valence-corrected chi connectivity index (χ1v) is 4.20. The predicted molar refractivity (Wildman–Crippen MR) is 55.7 cm³/mol. The summed E-state index contributed by atoms with van der Waals surface area (Å²) in [4.78, 5) is 3.73. The van der Waals surface area contributed by atoms with Crippen LogP contribution in [0, 0.1) is 5.82 Å². The first kappa shape index (κ1) is 10.7. The van der Waals surface area contributed by atoms with Crippen LogP contribution in [0.4, 0.5) is 10.1 Å². The van der Waals surface area contributed by atoms with Crippen molar-refractivity contribution in [1.82, 2.24) is 5.43 Å². The minimum atomic E-state index is -0.425. The van der Waals surface area contributed by atoms with E-state index >= 15 is 0 Å². The van der Waals surface area contributed by atoms with E-state index in [4.69, 9.17) is 17.4 Å². The second-order valence-electron chi connectivity index (χ2n) is 2.47. The number of guanidine groups is 1. The molecular formula is C8H10ClFN4. The molecule has 4 N–H and O–H groups in total. The fourth-order valence-electron chi connectivity index (χ4n) is 0.877. The number of hydrogen-bond acceptors (Lipinski definition) is 2. The number of nitrogens with two attached hydrogens (primary N) is 1. The summed E-state index contributed by atoms with van der Waals surface area (Å²) in [6.45, 7) is 0. The van der Waals surface area contributed by atoms with E-state index in [1.54, 1.807) is 0 Å². The number of nitrogens with one attached hydrogen (secondary N) is 2. The zero-order valence-electron chi connectivity index (χ0n) is 7.51. The molecule has 1 aromatic carbocycles. The van der Waals surface area contributed by atoms with Gasteiger partial charge in [-0.2, -0.15) is 0 Å². The number of nitrogens with zero attached hydrogens (tertiary/aromatic N) is 1. The molecule has 14 heavy (non-hydrogen) atoms. The van der Waals surface area contributed by atoms with Crippen LogP contribution < -0.4 is 16.6 Å². The Morgan fingerprint density at radius 1 is 1.57 bits per heavy atom. The second kappa shape index (κ2) is 4.78. The van der Waals surface area contributed by atoms with Crippen LogP contribution >= 0.6 is 11.6 Å². The molecule has 0 saturated carbocycles. The van der Waals surface area contributed by atoms with Crippen molar-refractivity contribution in [2.45, 2.75) is 0 Å². The molecule has 0 bridgehead atoms. The highest BCUT2D eigenvalue weighted by atomic mass is 35.5. The van der Waals surface area contributed by atoms with Gasteiger partial charge in [-0.3, -0.25) is 10.4 Å². The molecule has 1 aromatic rings. The zero-order chi connectivity index (χ0) is 10.6. The Kier molecular flexibility index (Phi) is 3.67. The monoisotopic (exact) mass is 216 g/mol. The van der Waals surface area contributed by atoms with Crippen molar-refractivity contribution in [1.29, 1.82) is 0 Å². The number of hydrazine groups is 1. The van der Waals surface area contributed by atoms with Gasteiger partial charge in [0.05, 0.1) is 5.69 Å². The van der Waals surface area contributed by atoms with Crippen LogP contribution in [0.2, 0.25) is 5.02 Å². The van der Waals surface area contributed by atoms with Gasteiger partial charge in [0, 0.05) is 12.1 Å².